The van der Waals surface area contributed by atoms with Crippen molar-refractivity contribution in [3.05, 3.63) is 41.3 Å². The van der Waals surface area contributed by atoms with E-state index in [0.29, 0.717) is 24.2 Å². The van der Waals surface area contributed by atoms with Gasteiger partial charge in [-0.3, -0.25) is 9.59 Å². The molecule has 0 spiro atoms. The van der Waals surface area contributed by atoms with Gasteiger partial charge in [-0.25, -0.2) is 13.1 Å². The second kappa shape index (κ2) is 6.74. The first-order valence-corrected chi connectivity index (χ1v) is 11.4. The van der Waals surface area contributed by atoms with Crippen molar-refractivity contribution in [1.29, 1.82) is 0 Å². The highest BCUT2D eigenvalue weighted by molar-refractivity contribution is 7.88. The summed E-state index contributed by atoms with van der Waals surface area (Å²) >= 11 is 1.58. The van der Waals surface area contributed by atoms with Crippen molar-refractivity contribution in [1.82, 2.24) is 9.62 Å². The van der Waals surface area contributed by atoms with Crippen LogP contribution in [0.2, 0.25) is 0 Å². The lowest BCUT2D eigenvalue weighted by molar-refractivity contribution is -0.121. The Morgan fingerprint density at radius 3 is 2.78 bits per heavy atom. The molecular weight excluding hydrogens is 386 g/mol. The number of carbonyl (C=O) groups excluding carboxylic acids is 2. The Labute approximate surface area is 161 Å². The fourth-order valence-electron chi connectivity index (χ4n) is 3.66. The molecule has 2 atom stereocenters. The minimum absolute atomic E-state index is 0.204. The summed E-state index contributed by atoms with van der Waals surface area (Å²) in [4.78, 5) is 28.4. The lowest BCUT2D eigenvalue weighted by Gasteiger charge is -2.37. The lowest BCUT2D eigenvalue weighted by atomic mass is 9.97. The monoisotopic (exact) mass is 405 g/mol. The molecule has 1 saturated heterocycles. The van der Waals surface area contributed by atoms with Crippen molar-refractivity contribution in [2.24, 2.45) is 0 Å². The van der Waals surface area contributed by atoms with Gasteiger partial charge in [0.15, 0.2) is 0 Å². The van der Waals surface area contributed by atoms with Crippen LogP contribution in [-0.2, 0) is 14.8 Å². The smallest absolute Gasteiger partial charge is 0.256 e. The van der Waals surface area contributed by atoms with Gasteiger partial charge in [-0.05, 0) is 42.0 Å². The zero-order valence-electron chi connectivity index (χ0n) is 14.6. The number of nitrogens with one attached hydrogen (secondary N) is 2. The van der Waals surface area contributed by atoms with Gasteiger partial charge in [0.1, 0.15) is 6.04 Å². The third kappa shape index (κ3) is 3.62. The maximum Gasteiger partial charge on any atom is 0.256 e. The number of sulfonamides is 1. The van der Waals surface area contributed by atoms with Gasteiger partial charge in [0.05, 0.1) is 17.5 Å². The number of anilines is 1. The molecule has 2 amide bonds. The van der Waals surface area contributed by atoms with Gasteiger partial charge < -0.3 is 10.2 Å². The largest absolute Gasteiger partial charge is 0.326 e. The number of carbonyl (C=O) groups is 2. The molecule has 9 heteroatoms. The van der Waals surface area contributed by atoms with E-state index in [4.69, 9.17) is 0 Å². The fraction of sp³-hybridized carbons (Fsp3) is 0.333. The van der Waals surface area contributed by atoms with Crippen molar-refractivity contribution in [2.45, 2.75) is 24.9 Å². The Kier molecular flexibility index (Phi) is 4.53. The maximum atomic E-state index is 13.1. The Morgan fingerprint density at radius 1 is 1.26 bits per heavy atom. The standard InChI is InChI=1S/C18H19N3O4S2/c1-27(24,25)20-12-6-7-21-15(10-12)17(22)19-14-5-4-11(9-13(14)18(21)23)16-3-2-8-26-16/h2-5,8-9,12,15,20H,6-7,10H2,1H3,(H,19,22)/t12-,15-/m0/s1. The molecular formula is C18H19N3O4S2. The highest BCUT2D eigenvalue weighted by Gasteiger charge is 2.40. The Hall–Kier alpha value is -2.23. The molecule has 0 bridgehead atoms. The van der Waals surface area contributed by atoms with Crippen LogP contribution in [-0.4, -0.2) is 50.0 Å². The first-order chi connectivity index (χ1) is 12.8. The molecule has 4 rings (SSSR count). The zero-order valence-corrected chi connectivity index (χ0v) is 16.3. The summed E-state index contributed by atoms with van der Waals surface area (Å²) < 4.78 is 25.6. The maximum absolute atomic E-state index is 13.1. The highest BCUT2D eigenvalue weighted by Crippen LogP contribution is 2.33. The van der Waals surface area contributed by atoms with E-state index in [2.05, 4.69) is 10.0 Å². The molecule has 0 aliphatic carbocycles. The van der Waals surface area contributed by atoms with Gasteiger partial charge in [-0.15, -0.1) is 11.3 Å². The van der Waals surface area contributed by atoms with Crippen molar-refractivity contribution in [3.63, 3.8) is 0 Å². The first kappa shape index (κ1) is 18.1. The molecule has 2 aromatic rings. The summed E-state index contributed by atoms with van der Waals surface area (Å²) in [6.45, 7) is 0.326. The third-order valence-corrected chi connectivity index (χ3v) is 6.54. The molecule has 2 aliphatic heterocycles. The Morgan fingerprint density at radius 2 is 2.07 bits per heavy atom. The van der Waals surface area contributed by atoms with E-state index in [0.717, 1.165) is 16.7 Å². The van der Waals surface area contributed by atoms with E-state index < -0.39 is 16.1 Å². The summed E-state index contributed by atoms with van der Waals surface area (Å²) in [7, 11) is -3.37. The fourth-order valence-corrected chi connectivity index (χ4v) is 5.21. The summed E-state index contributed by atoms with van der Waals surface area (Å²) in [6, 6.07) is 8.34. The van der Waals surface area contributed by atoms with Gasteiger partial charge in [0.2, 0.25) is 15.9 Å². The number of piperidine rings is 1. The van der Waals surface area contributed by atoms with Crippen LogP contribution in [0.5, 0.6) is 0 Å². The molecule has 142 valence electrons. The normalized spacial score (nSPS) is 22.6. The number of amides is 2. The summed E-state index contributed by atoms with van der Waals surface area (Å²) in [5.41, 5.74) is 1.89. The molecule has 1 aromatic carbocycles. The van der Waals surface area contributed by atoms with Gasteiger partial charge >= 0.3 is 0 Å². The third-order valence-electron chi connectivity index (χ3n) is 4.86. The second-order valence-electron chi connectivity index (χ2n) is 6.85. The van der Waals surface area contributed by atoms with Crippen LogP contribution in [0.1, 0.15) is 23.2 Å². The molecule has 0 radical (unpaired) electrons. The molecule has 3 heterocycles. The van der Waals surface area contributed by atoms with Crippen molar-refractivity contribution < 1.29 is 18.0 Å². The summed E-state index contributed by atoms with van der Waals surface area (Å²) in [5, 5.41) is 4.81. The average Bonchev–Trinajstić information content (AvgIpc) is 3.11. The lowest BCUT2D eigenvalue weighted by Crippen LogP contribution is -2.54. The number of thiophene rings is 1. The van der Waals surface area contributed by atoms with Crippen molar-refractivity contribution in [2.75, 3.05) is 18.1 Å². The average molecular weight is 406 g/mol. The minimum atomic E-state index is -3.37. The van der Waals surface area contributed by atoms with Crippen LogP contribution < -0.4 is 10.0 Å². The second-order valence-corrected chi connectivity index (χ2v) is 9.58. The van der Waals surface area contributed by atoms with Crippen LogP contribution in [0, 0.1) is 0 Å². The van der Waals surface area contributed by atoms with E-state index in [1.807, 2.05) is 29.6 Å². The van der Waals surface area contributed by atoms with Crippen molar-refractivity contribution >= 4 is 38.9 Å². The Balaban J connectivity index is 1.65. The molecule has 2 N–H and O–H groups in total. The van der Waals surface area contributed by atoms with Gasteiger partial charge in [-0.2, -0.15) is 0 Å². The van der Waals surface area contributed by atoms with Crippen LogP contribution in [0.25, 0.3) is 10.4 Å². The van der Waals surface area contributed by atoms with E-state index in [-0.39, 0.29) is 24.3 Å². The number of rotatable bonds is 3. The molecule has 1 aromatic heterocycles. The number of hydrogen-bond acceptors (Lipinski definition) is 5. The van der Waals surface area contributed by atoms with E-state index in [9.17, 15) is 18.0 Å². The molecule has 0 unspecified atom stereocenters. The van der Waals surface area contributed by atoms with Crippen LogP contribution in [0.15, 0.2) is 35.7 Å². The first-order valence-electron chi connectivity index (χ1n) is 8.59. The van der Waals surface area contributed by atoms with Gasteiger partial charge in [0, 0.05) is 17.5 Å². The predicted molar refractivity (Wildman–Crippen MR) is 104 cm³/mol. The van der Waals surface area contributed by atoms with E-state index in [1.165, 1.54) is 0 Å². The van der Waals surface area contributed by atoms with Crippen LogP contribution in [0.4, 0.5) is 5.69 Å². The SMILES string of the molecule is CS(=O)(=O)N[C@H]1CCN2C(=O)c3cc(-c4cccs4)ccc3NC(=O)[C@@H]2C1. The van der Waals surface area contributed by atoms with Crippen LogP contribution >= 0.6 is 11.3 Å². The molecule has 1 fully saturated rings. The van der Waals surface area contributed by atoms with Crippen molar-refractivity contribution in [3.8, 4) is 10.4 Å². The predicted octanol–water partition coefficient (Wildman–Crippen LogP) is 1.89. The minimum Gasteiger partial charge on any atom is -0.326 e. The molecule has 0 saturated carbocycles. The van der Waals surface area contributed by atoms with E-state index in [1.54, 1.807) is 22.3 Å². The van der Waals surface area contributed by atoms with Gasteiger partial charge in [-0.1, -0.05) is 12.1 Å². The van der Waals surface area contributed by atoms with Gasteiger partial charge in [0.25, 0.3) is 5.91 Å². The van der Waals surface area contributed by atoms with Crippen LogP contribution in [0.3, 0.4) is 0 Å². The number of nitrogens with zero attached hydrogens (tertiary/aromatic N) is 1. The molecule has 27 heavy (non-hydrogen) atoms. The summed E-state index contributed by atoms with van der Waals surface area (Å²) in [6.07, 6.45) is 1.83. The number of fused-ring (bicyclic) bond motifs is 2. The Bertz CT molecular complexity index is 1000. The quantitative estimate of drug-likeness (QED) is 0.815. The topological polar surface area (TPSA) is 95.6 Å². The molecule has 7 nitrogen and oxygen atoms in total. The highest BCUT2D eigenvalue weighted by atomic mass is 32.2. The zero-order chi connectivity index (χ0) is 19.2. The van der Waals surface area contributed by atoms with E-state index >= 15 is 0 Å². The summed E-state index contributed by atoms with van der Waals surface area (Å²) in [5.74, 6) is -0.490. The molecule has 2 aliphatic rings. The number of hydrogen-bond donors (Lipinski definition) is 2. The number of benzene rings is 1.